The van der Waals surface area contributed by atoms with E-state index in [1.807, 2.05) is 12.1 Å². The highest BCUT2D eigenvalue weighted by Crippen LogP contribution is 2.32. The van der Waals surface area contributed by atoms with Gasteiger partial charge in [0.25, 0.3) is 5.91 Å². The lowest BCUT2D eigenvalue weighted by Crippen LogP contribution is -2.19. The molecule has 3 rings (SSSR count). The number of benzene rings is 2. The largest absolute Gasteiger partial charge is 0.497 e. The van der Waals surface area contributed by atoms with E-state index < -0.39 is 0 Å². The Morgan fingerprint density at radius 1 is 1.12 bits per heavy atom. The molecule has 0 unspecified atom stereocenters. The summed E-state index contributed by atoms with van der Waals surface area (Å²) in [4.78, 5) is 17.1. The number of carbonyl (C=O) groups excluding carboxylic acids is 1. The van der Waals surface area contributed by atoms with Gasteiger partial charge in [-0.15, -0.1) is 0 Å². The Bertz CT molecular complexity index is 863. The minimum atomic E-state index is -0.199. The minimum Gasteiger partial charge on any atom is -0.497 e. The summed E-state index contributed by atoms with van der Waals surface area (Å²) in [5.41, 5.74) is 1.50. The fourth-order valence-electron chi connectivity index (χ4n) is 2.19. The normalized spacial score (nSPS) is 17.0. The third-order valence-electron chi connectivity index (χ3n) is 3.44. The first kappa shape index (κ1) is 17.4. The van der Waals surface area contributed by atoms with Crippen molar-refractivity contribution in [3.8, 4) is 11.5 Å². The van der Waals surface area contributed by atoms with E-state index in [0.29, 0.717) is 26.6 Å². The maximum Gasteiger partial charge on any atom is 0.264 e. The standard InChI is InChI=1S/C18H15ClN2O3S/c1-23-14-8-3-11(15(10-14)24-2)9-16-17(22)21-18(25-16)20-13-6-4-12(19)5-7-13/h3-10H,1-2H3,(H,20,21,22). The molecule has 0 aromatic heterocycles. The van der Waals surface area contributed by atoms with Crippen LogP contribution >= 0.6 is 23.4 Å². The molecule has 1 aliphatic rings. The van der Waals surface area contributed by atoms with Gasteiger partial charge in [0.1, 0.15) is 11.5 Å². The highest BCUT2D eigenvalue weighted by molar-refractivity contribution is 8.18. The fraction of sp³-hybridized carbons (Fsp3) is 0.111. The second kappa shape index (κ2) is 7.63. The van der Waals surface area contributed by atoms with Gasteiger partial charge in [-0.2, -0.15) is 0 Å². The molecule has 2 aromatic carbocycles. The van der Waals surface area contributed by atoms with Crippen molar-refractivity contribution in [3.63, 3.8) is 0 Å². The van der Waals surface area contributed by atoms with E-state index in [2.05, 4.69) is 10.3 Å². The number of methoxy groups -OCH3 is 2. The Hall–Kier alpha value is -2.44. The lowest BCUT2D eigenvalue weighted by atomic mass is 10.1. The van der Waals surface area contributed by atoms with Gasteiger partial charge in [0.2, 0.25) is 0 Å². The third-order valence-corrected chi connectivity index (χ3v) is 4.60. The van der Waals surface area contributed by atoms with Crippen LogP contribution < -0.4 is 14.8 Å². The summed E-state index contributed by atoms with van der Waals surface area (Å²) in [5.74, 6) is 1.12. The van der Waals surface area contributed by atoms with Crippen LogP contribution in [0.1, 0.15) is 5.56 Å². The molecule has 0 saturated carbocycles. The number of amidine groups is 1. The molecule has 1 N–H and O–H groups in total. The number of halogens is 1. The number of nitrogens with zero attached hydrogens (tertiary/aromatic N) is 1. The van der Waals surface area contributed by atoms with Gasteiger partial charge in [0.15, 0.2) is 5.17 Å². The molecule has 1 heterocycles. The van der Waals surface area contributed by atoms with Crippen LogP contribution in [0.4, 0.5) is 5.69 Å². The van der Waals surface area contributed by atoms with Crippen LogP contribution in [-0.4, -0.2) is 25.3 Å². The van der Waals surface area contributed by atoms with Gasteiger partial charge in [-0.05, 0) is 54.2 Å². The van der Waals surface area contributed by atoms with Crippen molar-refractivity contribution in [2.45, 2.75) is 0 Å². The average molecular weight is 375 g/mol. The smallest absolute Gasteiger partial charge is 0.264 e. The number of hydrogen-bond acceptors (Lipinski definition) is 5. The molecule has 2 aromatic rings. The summed E-state index contributed by atoms with van der Waals surface area (Å²) in [6.45, 7) is 0. The molecule has 0 atom stereocenters. The number of hydrogen-bond donors (Lipinski definition) is 1. The molecule has 1 aliphatic heterocycles. The topological polar surface area (TPSA) is 59.9 Å². The third kappa shape index (κ3) is 4.15. The Morgan fingerprint density at radius 3 is 2.56 bits per heavy atom. The summed E-state index contributed by atoms with van der Waals surface area (Å²) in [6, 6.07) is 12.5. The van der Waals surface area contributed by atoms with Gasteiger partial charge in [0, 0.05) is 16.7 Å². The molecule has 128 valence electrons. The quantitative estimate of drug-likeness (QED) is 0.813. The van der Waals surface area contributed by atoms with Crippen LogP contribution in [0.5, 0.6) is 11.5 Å². The maximum atomic E-state index is 12.2. The number of nitrogens with one attached hydrogen (secondary N) is 1. The van der Waals surface area contributed by atoms with Crippen molar-refractivity contribution in [3.05, 3.63) is 58.0 Å². The zero-order valence-corrected chi connectivity index (χ0v) is 15.1. The van der Waals surface area contributed by atoms with E-state index in [0.717, 1.165) is 11.3 Å². The van der Waals surface area contributed by atoms with Crippen molar-refractivity contribution in [1.82, 2.24) is 5.32 Å². The summed E-state index contributed by atoms with van der Waals surface area (Å²) in [5, 5.41) is 3.91. The molecule has 0 radical (unpaired) electrons. The van der Waals surface area contributed by atoms with Crippen LogP contribution in [0, 0.1) is 0 Å². The second-order valence-electron chi connectivity index (χ2n) is 5.07. The number of ether oxygens (including phenoxy) is 2. The summed E-state index contributed by atoms with van der Waals surface area (Å²) in [6.07, 6.45) is 1.77. The molecular formula is C18H15ClN2O3S. The van der Waals surface area contributed by atoms with Gasteiger partial charge in [-0.3, -0.25) is 4.79 Å². The Labute approximate surface area is 154 Å². The highest BCUT2D eigenvalue weighted by atomic mass is 35.5. The first-order valence-corrected chi connectivity index (χ1v) is 8.55. The Kier molecular flexibility index (Phi) is 5.31. The molecule has 5 nitrogen and oxygen atoms in total. The van der Waals surface area contributed by atoms with Crippen molar-refractivity contribution >= 4 is 46.2 Å². The molecule has 25 heavy (non-hydrogen) atoms. The van der Waals surface area contributed by atoms with E-state index >= 15 is 0 Å². The van der Waals surface area contributed by atoms with Crippen molar-refractivity contribution in [1.29, 1.82) is 0 Å². The predicted octanol–water partition coefficient (Wildman–Crippen LogP) is 4.25. The van der Waals surface area contributed by atoms with Crippen LogP contribution in [-0.2, 0) is 4.79 Å². The Morgan fingerprint density at radius 2 is 1.88 bits per heavy atom. The van der Waals surface area contributed by atoms with Crippen molar-refractivity contribution in [2.24, 2.45) is 4.99 Å². The van der Waals surface area contributed by atoms with E-state index in [-0.39, 0.29) is 5.91 Å². The lowest BCUT2D eigenvalue weighted by Gasteiger charge is -2.07. The van der Waals surface area contributed by atoms with Gasteiger partial charge in [-0.1, -0.05) is 11.6 Å². The molecular weight excluding hydrogens is 360 g/mol. The number of thioether (sulfide) groups is 1. The SMILES string of the molecule is COc1ccc(C=C2SC(=Nc3ccc(Cl)cc3)NC2=O)c(OC)c1. The summed E-state index contributed by atoms with van der Waals surface area (Å²) in [7, 11) is 3.17. The van der Waals surface area contributed by atoms with Gasteiger partial charge in [0.05, 0.1) is 24.8 Å². The number of amides is 1. The van der Waals surface area contributed by atoms with Crippen LogP contribution in [0.2, 0.25) is 5.02 Å². The number of rotatable bonds is 4. The van der Waals surface area contributed by atoms with E-state index in [1.165, 1.54) is 11.8 Å². The first-order valence-electron chi connectivity index (χ1n) is 7.36. The fourth-order valence-corrected chi connectivity index (χ4v) is 3.15. The zero-order valence-electron chi connectivity index (χ0n) is 13.6. The number of carbonyl (C=O) groups is 1. The second-order valence-corrected chi connectivity index (χ2v) is 6.53. The lowest BCUT2D eigenvalue weighted by molar-refractivity contribution is -0.115. The van der Waals surface area contributed by atoms with Gasteiger partial charge in [-0.25, -0.2) is 4.99 Å². The molecule has 0 aliphatic carbocycles. The van der Waals surface area contributed by atoms with Crippen LogP contribution in [0.25, 0.3) is 6.08 Å². The molecule has 1 fully saturated rings. The molecule has 0 bridgehead atoms. The van der Waals surface area contributed by atoms with Gasteiger partial charge >= 0.3 is 0 Å². The zero-order chi connectivity index (χ0) is 17.8. The first-order chi connectivity index (χ1) is 12.1. The van der Waals surface area contributed by atoms with Crippen molar-refractivity contribution < 1.29 is 14.3 Å². The summed E-state index contributed by atoms with van der Waals surface area (Å²) >= 11 is 7.13. The molecule has 1 amide bonds. The van der Waals surface area contributed by atoms with Crippen molar-refractivity contribution in [2.75, 3.05) is 14.2 Å². The molecule has 1 saturated heterocycles. The highest BCUT2D eigenvalue weighted by Gasteiger charge is 2.24. The Balaban J connectivity index is 1.85. The predicted molar refractivity (Wildman–Crippen MR) is 102 cm³/mol. The average Bonchev–Trinajstić information content (AvgIpc) is 2.96. The van der Waals surface area contributed by atoms with E-state index in [4.69, 9.17) is 21.1 Å². The van der Waals surface area contributed by atoms with Crippen LogP contribution in [0.3, 0.4) is 0 Å². The number of aliphatic imine (C=N–C) groups is 1. The molecule has 7 heteroatoms. The maximum absolute atomic E-state index is 12.2. The van der Waals surface area contributed by atoms with Crippen LogP contribution in [0.15, 0.2) is 52.4 Å². The van der Waals surface area contributed by atoms with Gasteiger partial charge < -0.3 is 14.8 Å². The minimum absolute atomic E-state index is 0.199. The van der Waals surface area contributed by atoms with E-state index in [1.54, 1.807) is 50.6 Å². The summed E-state index contributed by atoms with van der Waals surface area (Å²) < 4.78 is 10.5. The molecule has 0 spiro atoms. The monoisotopic (exact) mass is 374 g/mol. The van der Waals surface area contributed by atoms with E-state index in [9.17, 15) is 4.79 Å².